The summed E-state index contributed by atoms with van der Waals surface area (Å²) in [5, 5.41) is 1.20. The molecule has 168 valence electrons. The van der Waals surface area contributed by atoms with Gasteiger partial charge >= 0.3 is 0 Å². The Morgan fingerprint density at radius 2 is 1.85 bits per heavy atom. The zero-order chi connectivity index (χ0) is 22.5. The van der Waals surface area contributed by atoms with Gasteiger partial charge in [-0.15, -0.1) is 0 Å². The molecule has 0 atom stereocenters. The van der Waals surface area contributed by atoms with Crippen molar-refractivity contribution in [1.29, 1.82) is 0 Å². The Kier molecular flexibility index (Phi) is 6.49. The van der Waals surface area contributed by atoms with Crippen LogP contribution in [0.25, 0.3) is 22.0 Å². The van der Waals surface area contributed by atoms with Crippen molar-refractivity contribution in [2.75, 3.05) is 26.2 Å². The summed E-state index contributed by atoms with van der Waals surface area (Å²) in [7, 11) is 0. The van der Waals surface area contributed by atoms with E-state index in [9.17, 15) is 4.79 Å². The number of pyridine rings is 1. The van der Waals surface area contributed by atoms with Gasteiger partial charge in [0.25, 0.3) is 5.91 Å². The Labute approximate surface area is 195 Å². The molecule has 1 amide bonds. The molecule has 0 spiro atoms. The number of H-pyrrole nitrogens is 1. The van der Waals surface area contributed by atoms with E-state index in [1.54, 1.807) is 12.3 Å². The zero-order valence-electron chi connectivity index (χ0n) is 18.9. The van der Waals surface area contributed by atoms with Gasteiger partial charge in [-0.1, -0.05) is 30.3 Å². The number of aromatic amines is 1. The SMILES string of the molecule is O=C(c1ccccn1)N(CCCN1CCCC1)Cc1cccc(-c2ccc3[nH]ccc3c2)c1. The van der Waals surface area contributed by atoms with Crippen LogP contribution in [0.1, 0.15) is 35.3 Å². The summed E-state index contributed by atoms with van der Waals surface area (Å²) in [6.07, 6.45) is 7.21. The van der Waals surface area contributed by atoms with Crippen molar-refractivity contribution < 1.29 is 4.79 Å². The van der Waals surface area contributed by atoms with Crippen LogP contribution in [-0.2, 0) is 6.54 Å². The number of rotatable bonds is 8. The minimum Gasteiger partial charge on any atom is -0.361 e. The van der Waals surface area contributed by atoms with E-state index in [-0.39, 0.29) is 5.91 Å². The van der Waals surface area contributed by atoms with Gasteiger partial charge in [0.1, 0.15) is 5.69 Å². The van der Waals surface area contributed by atoms with E-state index in [2.05, 4.69) is 63.4 Å². The summed E-state index contributed by atoms with van der Waals surface area (Å²) in [5.41, 5.74) is 5.12. The molecule has 0 saturated carbocycles. The Bertz CT molecular complexity index is 1210. The largest absolute Gasteiger partial charge is 0.361 e. The number of fused-ring (bicyclic) bond motifs is 1. The van der Waals surface area contributed by atoms with Crippen molar-refractivity contribution in [3.8, 4) is 11.1 Å². The lowest BCUT2D eigenvalue weighted by molar-refractivity contribution is 0.0730. The minimum absolute atomic E-state index is 0.00355. The highest BCUT2D eigenvalue weighted by atomic mass is 16.2. The predicted molar refractivity (Wildman–Crippen MR) is 133 cm³/mol. The number of amides is 1. The highest BCUT2D eigenvalue weighted by Gasteiger charge is 2.18. The monoisotopic (exact) mass is 438 g/mol. The van der Waals surface area contributed by atoms with Crippen molar-refractivity contribution in [1.82, 2.24) is 19.8 Å². The van der Waals surface area contributed by atoms with Gasteiger partial charge in [0, 0.05) is 31.0 Å². The van der Waals surface area contributed by atoms with E-state index in [1.807, 2.05) is 23.2 Å². The highest BCUT2D eigenvalue weighted by Crippen LogP contribution is 2.25. The van der Waals surface area contributed by atoms with Crippen molar-refractivity contribution in [3.05, 3.63) is 90.4 Å². The molecule has 33 heavy (non-hydrogen) atoms. The summed E-state index contributed by atoms with van der Waals surface area (Å²) < 4.78 is 0. The molecule has 1 aliphatic heterocycles. The van der Waals surface area contributed by atoms with Crippen LogP contribution in [-0.4, -0.2) is 51.9 Å². The molecule has 1 N–H and O–H groups in total. The Morgan fingerprint density at radius 3 is 2.70 bits per heavy atom. The van der Waals surface area contributed by atoms with Gasteiger partial charge in [0.05, 0.1) is 0 Å². The molecule has 0 radical (unpaired) electrons. The Morgan fingerprint density at radius 1 is 0.970 bits per heavy atom. The molecule has 0 unspecified atom stereocenters. The molecule has 2 aromatic heterocycles. The van der Waals surface area contributed by atoms with E-state index >= 15 is 0 Å². The number of carbonyl (C=O) groups is 1. The molecule has 2 aromatic carbocycles. The second kappa shape index (κ2) is 10.0. The van der Waals surface area contributed by atoms with Crippen LogP contribution in [0.3, 0.4) is 0 Å². The van der Waals surface area contributed by atoms with Crippen LogP contribution in [0.5, 0.6) is 0 Å². The van der Waals surface area contributed by atoms with Gasteiger partial charge in [-0.3, -0.25) is 9.78 Å². The molecule has 4 aromatic rings. The Hall–Kier alpha value is -3.44. The third-order valence-corrected chi connectivity index (χ3v) is 6.46. The van der Waals surface area contributed by atoms with Crippen molar-refractivity contribution >= 4 is 16.8 Å². The van der Waals surface area contributed by atoms with E-state index in [0.717, 1.165) is 36.2 Å². The van der Waals surface area contributed by atoms with Gasteiger partial charge in [-0.05, 0) is 97.4 Å². The lowest BCUT2D eigenvalue weighted by Gasteiger charge is -2.24. The maximum Gasteiger partial charge on any atom is 0.272 e. The van der Waals surface area contributed by atoms with Crippen LogP contribution in [0.4, 0.5) is 0 Å². The quantitative estimate of drug-likeness (QED) is 0.403. The molecule has 0 bridgehead atoms. The molecular formula is C28H30N4O. The van der Waals surface area contributed by atoms with Gasteiger partial charge < -0.3 is 14.8 Å². The first-order chi connectivity index (χ1) is 16.3. The van der Waals surface area contributed by atoms with E-state index in [1.165, 1.54) is 36.9 Å². The van der Waals surface area contributed by atoms with Gasteiger partial charge in [-0.25, -0.2) is 0 Å². The van der Waals surface area contributed by atoms with Crippen molar-refractivity contribution in [3.63, 3.8) is 0 Å². The normalized spacial score (nSPS) is 14.1. The lowest BCUT2D eigenvalue weighted by Crippen LogP contribution is -2.34. The topological polar surface area (TPSA) is 52.2 Å². The number of hydrogen-bond donors (Lipinski definition) is 1. The first-order valence-corrected chi connectivity index (χ1v) is 11.9. The number of hydrogen-bond acceptors (Lipinski definition) is 3. The number of carbonyl (C=O) groups excluding carboxylic acids is 1. The number of benzene rings is 2. The summed E-state index contributed by atoms with van der Waals surface area (Å²) in [4.78, 5) is 25.3. The van der Waals surface area contributed by atoms with Crippen LogP contribution in [0.15, 0.2) is 79.1 Å². The molecule has 1 saturated heterocycles. The predicted octanol–water partition coefficient (Wildman–Crippen LogP) is 5.36. The summed E-state index contributed by atoms with van der Waals surface area (Å²) in [6, 6.07) is 22.6. The first kappa shape index (κ1) is 21.4. The van der Waals surface area contributed by atoms with E-state index in [0.29, 0.717) is 12.2 Å². The number of nitrogens with one attached hydrogen (secondary N) is 1. The molecule has 5 nitrogen and oxygen atoms in total. The fraction of sp³-hybridized carbons (Fsp3) is 0.286. The minimum atomic E-state index is -0.00355. The Balaban J connectivity index is 1.34. The maximum absolute atomic E-state index is 13.3. The van der Waals surface area contributed by atoms with Gasteiger partial charge in [0.2, 0.25) is 0 Å². The number of likely N-dealkylation sites (tertiary alicyclic amines) is 1. The standard InChI is InChI=1S/C28H30N4O/c33-28(27-9-1-2-13-29-27)32(18-6-17-31-15-3-4-16-31)21-22-7-5-8-23(19-22)24-10-11-26-25(20-24)12-14-30-26/h1-2,5,7-14,19-20,30H,3-4,6,15-18,21H2. The van der Waals surface area contributed by atoms with Crippen LogP contribution >= 0.6 is 0 Å². The average molecular weight is 439 g/mol. The summed E-state index contributed by atoms with van der Waals surface area (Å²) in [6.45, 7) is 4.72. The van der Waals surface area contributed by atoms with Crippen LogP contribution < -0.4 is 0 Å². The molecule has 5 heteroatoms. The van der Waals surface area contributed by atoms with Crippen molar-refractivity contribution in [2.24, 2.45) is 0 Å². The molecule has 1 fully saturated rings. The van der Waals surface area contributed by atoms with Gasteiger partial charge in [0.15, 0.2) is 0 Å². The smallest absolute Gasteiger partial charge is 0.272 e. The van der Waals surface area contributed by atoms with Crippen molar-refractivity contribution in [2.45, 2.75) is 25.8 Å². The molecule has 0 aliphatic carbocycles. The van der Waals surface area contributed by atoms with Crippen LogP contribution in [0, 0.1) is 0 Å². The summed E-state index contributed by atoms with van der Waals surface area (Å²) >= 11 is 0. The first-order valence-electron chi connectivity index (χ1n) is 11.9. The lowest BCUT2D eigenvalue weighted by atomic mass is 10.0. The fourth-order valence-corrected chi connectivity index (χ4v) is 4.70. The number of nitrogens with zero attached hydrogens (tertiary/aromatic N) is 3. The zero-order valence-corrected chi connectivity index (χ0v) is 18.9. The summed E-state index contributed by atoms with van der Waals surface area (Å²) in [5.74, 6) is -0.00355. The highest BCUT2D eigenvalue weighted by molar-refractivity contribution is 5.92. The van der Waals surface area contributed by atoms with Gasteiger partial charge in [-0.2, -0.15) is 0 Å². The van der Waals surface area contributed by atoms with E-state index in [4.69, 9.17) is 0 Å². The molecule has 3 heterocycles. The van der Waals surface area contributed by atoms with Crippen LogP contribution in [0.2, 0.25) is 0 Å². The average Bonchev–Trinajstić information content (AvgIpc) is 3.55. The molecule has 1 aliphatic rings. The second-order valence-corrected chi connectivity index (χ2v) is 8.82. The maximum atomic E-state index is 13.3. The fourth-order valence-electron chi connectivity index (χ4n) is 4.70. The third-order valence-electron chi connectivity index (χ3n) is 6.46. The van der Waals surface area contributed by atoms with E-state index < -0.39 is 0 Å². The molecular weight excluding hydrogens is 408 g/mol. The second-order valence-electron chi connectivity index (χ2n) is 8.82. The third kappa shape index (κ3) is 5.15. The number of aromatic nitrogens is 2. The molecule has 5 rings (SSSR count).